The molecule has 1 fully saturated rings. The third-order valence-corrected chi connectivity index (χ3v) is 9.64. The molecule has 0 heterocycles. The van der Waals surface area contributed by atoms with E-state index in [-0.39, 0.29) is 36.4 Å². The Kier molecular flexibility index (Phi) is 19.8. The van der Waals surface area contributed by atoms with Crippen molar-refractivity contribution < 1.29 is 33.4 Å². The summed E-state index contributed by atoms with van der Waals surface area (Å²) >= 11 is 0. The van der Waals surface area contributed by atoms with Crippen molar-refractivity contribution >= 4 is 45.7 Å². The molecule has 12 heteroatoms. The maximum absolute atomic E-state index is 12.7. The highest BCUT2D eigenvalue weighted by Crippen LogP contribution is 2.39. The van der Waals surface area contributed by atoms with Gasteiger partial charge in [-0.2, -0.15) is 0 Å². The molecule has 0 spiro atoms. The fraction of sp³-hybridized carbons (Fsp3) is 0.862. The van der Waals surface area contributed by atoms with Crippen LogP contribution >= 0.6 is 21.6 Å². The number of hydrogen-bond acceptors (Lipinski definition) is 9. The van der Waals surface area contributed by atoms with Gasteiger partial charge in [0.1, 0.15) is 13.2 Å². The van der Waals surface area contributed by atoms with Crippen LogP contribution in [0.2, 0.25) is 0 Å². The molecule has 0 radical (unpaired) electrons. The highest BCUT2D eigenvalue weighted by Gasteiger charge is 2.35. The molecule has 0 aromatic heterocycles. The summed E-state index contributed by atoms with van der Waals surface area (Å²) in [6, 6.07) is 0. The molecule has 0 aromatic rings. The molecule has 0 atom stereocenters. The first kappa shape index (κ1) is 37.2. The van der Waals surface area contributed by atoms with Gasteiger partial charge in [0.15, 0.2) is 0 Å². The van der Waals surface area contributed by atoms with E-state index in [1.165, 1.54) is 4.90 Å². The van der Waals surface area contributed by atoms with Crippen LogP contribution < -0.4 is 5.32 Å². The van der Waals surface area contributed by atoms with Crippen LogP contribution in [0.1, 0.15) is 85.0 Å². The van der Waals surface area contributed by atoms with Crippen molar-refractivity contribution in [2.45, 2.75) is 85.0 Å². The zero-order valence-corrected chi connectivity index (χ0v) is 27.5. The number of likely N-dealkylation sites (N-methyl/N-ethyl adjacent to an activating group) is 2. The zero-order valence-electron chi connectivity index (χ0n) is 25.9. The molecule has 3 amide bonds. The van der Waals surface area contributed by atoms with Crippen molar-refractivity contribution in [3.05, 3.63) is 0 Å². The second-order valence-electron chi connectivity index (χ2n) is 10.7. The normalized spacial score (nSPS) is 14.3. The minimum absolute atomic E-state index is 0.0537. The summed E-state index contributed by atoms with van der Waals surface area (Å²) in [5, 5.41) is 2.85. The summed E-state index contributed by atoms with van der Waals surface area (Å²) in [6.45, 7) is 8.18. The molecule has 10 nitrogen and oxygen atoms in total. The molecule has 0 bridgehead atoms. The number of rotatable bonds is 20. The molecule has 0 saturated heterocycles. The summed E-state index contributed by atoms with van der Waals surface area (Å²) in [5.41, 5.74) is -0.251. The molecule has 1 rings (SSSR count). The lowest BCUT2D eigenvalue weighted by atomic mass is 9.72. The van der Waals surface area contributed by atoms with E-state index in [1.54, 1.807) is 47.5 Å². The average molecular weight is 620 g/mol. The molecular weight excluding hydrogens is 566 g/mol. The van der Waals surface area contributed by atoms with Crippen molar-refractivity contribution in [2.24, 2.45) is 11.3 Å². The van der Waals surface area contributed by atoms with Crippen molar-refractivity contribution in [2.75, 3.05) is 65.1 Å². The van der Waals surface area contributed by atoms with Gasteiger partial charge in [0.2, 0.25) is 5.91 Å². The fourth-order valence-corrected chi connectivity index (χ4v) is 6.66. The van der Waals surface area contributed by atoms with E-state index >= 15 is 0 Å². The summed E-state index contributed by atoms with van der Waals surface area (Å²) in [4.78, 5) is 52.4. The second kappa shape index (κ2) is 21.8. The van der Waals surface area contributed by atoms with Crippen molar-refractivity contribution in [1.82, 2.24) is 15.1 Å². The molecule has 1 saturated carbocycles. The standard InChI is InChI=1S/C29H53N3O7S2/c1-6-12-24(13-7-2)26(34)31(4)16-17-32(5)28(36)39-19-21-41-40-20-18-38-27(35)30-23-29(14-10-9-11-15-29)22-25(33)37-8-3/h24H,6-23H2,1-5H3,(H,30,35). The van der Waals surface area contributed by atoms with E-state index in [0.717, 1.165) is 57.8 Å². The first-order chi connectivity index (χ1) is 19.7. The molecule has 41 heavy (non-hydrogen) atoms. The summed E-state index contributed by atoms with van der Waals surface area (Å²) in [7, 11) is 6.56. The number of carbonyl (C=O) groups is 4. The second-order valence-corrected chi connectivity index (χ2v) is 13.4. The third kappa shape index (κ3) is 15.8. The lowest BCUT2D eigenvalue weighted by Gasteiger charge is -2.36. The Balaban J connectivity index is 2.16. The number of esters is 1. The maximum atomic E-state index is 12.7. The lowest BCUT2D eigenvalue weighted by Crippen LogP contribution is -2.41. The first-order valence-corrected chi connectivity index (χ1v) is 17.6. The monoisotopic (exact) mass is 619 g/mol. The summed E-state index contributed by atoms with van der Waals surface area (Å²) < 4.78 is 15.8. The van der Waals surface area contributed by atoms with Crippen LogP contribution in [-0.2, 0) is 23.8 Å². The number of nitrogens with one attached hydrogen (secondary N) is 1. The van der Waals surface area contributed by atoms with Crippen molar-refractivity contribution in [3.8, 4) is 0 Å². The van der Waals surface area contributed by atoms with Gasteiger partial charge in [-0.15, -0.1) is 0 Å². The van der Waals surface area contributed by atoms with Gasteiger partial charge in [-0.3, -0.25) is 9.59 Å². The molecule has 0 unspecified atom stereocenters. The highest BCUT2D eigenvalue weighted by molar-refractivity contribution is 8.76. The van der Waals surface area contributed by atoms with Crippen LogP contribution in [0.3, 0.4) is 0 Å². The van der Waals surface area contributed by atoms with E-state index in [0.29, 0.717) is 44.2 Å². The van der Waals surface area contributed by atoms with Gasteiger partial charge in [-0.25, -0.2) is 9.59 Å². The average Bonchev–Trinajstić information content (AvgIpc) is 2.96. The molecular formula is C29H53N3O7S2. The maximum Gasteiger partial charge on any atom is 0.409 e. The quantitative estimate of drug-likeness (QED) is 0.0788. The van der Waals surface area contributed by atoms with Crippen molar-refractivity contribution in [1.29, 1.82) is 0 Å². The van der Waals surface area contributed by atoms with Crippen LogP contribution in [0.5, 0.6) is 0 Å². The Morgan fingerprint density at radius 2 is 1.41 bits per heavy atom. The first-order valence-electron chi connectivity index (χ1n) is 15.1. The Morgan fingerprint density at radius 3 is 2.00 bits per heavy atom. The number of carbonyl (C=O) groups excluding carboxylic acids is 4. The molecule has 1 N–H and O–H groups in total. The lowest BCUT2D eigenvalue weighted by molar-refractivity contribution is -0.146. The number of ether oxygens (including phenoxy) is 3. The molecule has 1 aliphatic carbocycles. The highest BCUT2D eigenvalue weighted by atomic mass is 33.1. The smallest absolute Gasteiger partial charge is 0.409 e. The Labute approximate surface area is 255 Å². The Morgan fingerprint density at radius 1 is 0.829 bits per heavy atom. The zero-order chi connectivity index (χ0) is 30.5. The molecule has 0 aromatic carbocycles. The van der Waals surface area contributed by atoms with Crippen LogP contribution in [0.4, 0.5) is 9.59 Å². The van der Waals surface area contributed by atoms with E-state index in [4.69, 9.17) is 14.2 Å². The summed E-state index contributed by atoms with van der Waals surface area (Å²) in [6.07, 6.45) is 8.23. The van der Waals surface area contributed by atoms with Gasteiger partial charge >= 0.3 is 18.2 Å². The SMILES string of the molecule is CCCC(CCC)C(=O)N(C)CCN(C)C(=O)OCCSSCCOC(=O)NCC1(CC(=O)OCC)CCCCC1. The van der Waals surface area contributed by atoms with Gasteiger partial charge in [0, 0.05) is 51.2 Å². The van der Waals surface area contributed by atoms with Crippen LogP contribution in [0.25, 0.3) is 0 Å². The largest absolute Gasteiger partial charge is 0.466 e. The van der Waals surface area contributed by atoms with Gasteiger partial charge < -0.3 is 29.3 Å². The number of nitrogens with zero attached hydrogens (tertiary/aromatic N) is 2. The van der Waals surface area contributed by atoms with Crippen LogP contribution in [0, 0.1) is 11.3 Å². The number of alkyl carbamates (subject to hydrolysis) is 1. The van der Waals surface area contributed by atoms with Crippen molar-refractivity contribution in [3.63, 3.8) is 0 Å². The van der Waals surface area contributed by atoms with E-state index < -0.39 is 12.2 Å². The third-order valence-electron chi connectivity index (χ3n) is 7.30. The minimum atomic E-state index is -0.472. The Bertz CT molecular complexity index is 776. The van der Waals surface area contributed by atoms with Gasteiger partial charge in [-0.1, -0.05) is 67.5 Å². The summed E-state index contributed by atoms with van der Waals surface area (Å²) in [5.74, 6) is 1.21. The number of hydrogen-bond donors (Lipinski definition) is 1. The van der Waals surface area contributed by atoms with Gasteiger partial charge in [0.25, 0.3) is 0 Å². The topological polar surface area (TPSA) is 114 Å². The van der Waals surface area contributed by atoms with Crippen LogP contribution in [0.15, 0.2) is 0 Å². The van der Waals surface area contributed by atoms with Gasteiger partial charge in [-0.05, 0) is 38.0 Å². The van der Waals surface area contributed by atoms with Gasteiger partial charge in [0.05, 0.1) is 13.0 Å². The minimum Gasteiger partial charge on any atom is -0.466 e. The Hall–Kier alpha value is -1.82. The molecule has 238 valence electrons. The van der Waals surface area contributed by atoms with E-state index in [9.17, 15) is 19.2 Å². The number of amides is 3. The van der Waals surface area contributed by atoms with E-state index in [1.807, 2.05) is 0 Å². The predicted molar refractivity (Wildman–Crippen MR) is 166 cm³/mol. The van der Waals surface area contributed by atoms with E-state index in [2.05, 4.69) is 19.2 Å². The predicted octanol–water partition coefficient (Wildman–Crippen LogP) is 5.74. The molecule has 1 aliphatic rings. The fourth-order valence-electron chi connectivity index (χ4n) is 5.01. The molecule has 0 aliphatic heterocycles. The van der Waals surface area contributed by atoms with Crippen LogP contribution in [-0.4, -0.2) is 98.9 Å².